The Morgan fingerprint density at radius 1 is 0.250 bits per heavy atom. The largest absolute Gasteiger partial charge is 0.456 e. The summed E-state index contributed by atoms with van der Waals surface area (Å²) < 4.78 is 6.22. The van der Waals surface area contributed by atoms with Crippen molar-refractivity contribution in [1.29, 1.82) is 0 Å². The predicted octanol–water partition coefficient (Wildman–Crippen LogP) is 16.5. The molecule has 0 aliphatic rings. The van der Waals surface area contributed by atoms with Gasteiger partial charge in [0.2, 0.25) is 0 Å². The Morgan fingerprint density at radius 3 is 1.32 bits per heavy atom. The second-order valence-electron chi connectivity index (χ2n) is 15.3. The summed E-state index contributed by atoms with van der Waals surface area (Å²) in [7, 11) is 0. The molecule has 0 radical (unpaired) electrons. The number of anilines is 3. The average Bonchev–Trinajstić information content (AvgIpc) is 3.71. The van der Waals surface area contributed by atoms with Crippen molar-refractivity contribution in [3.8, 4) is 55.6 Å². The first-order valence-electron chi connectivity index (χ1n) is 20.5. The maximum atomic E-state index is 6.22. The number of benzene rings is 10. The molecular weight excluding hydrogens is 727 g/mol. The van der Waals surface area contributed by atoms with Gasteiger partial charge in [-0.3, -0.25) is 0 Å². The third-order valence-corrected chi connectivity index (χ3v) is 11.7. The van der Waals surface area contributed by atoms with E-state index in [1.54, 1.807) is 0 Å². The van der Waals surface area contributed by atoms with Crippen molar-refractivity contribution in [2.75, 3.05) is 4.90 Å². The first-order valence-corrected chi connectivity index (χ1v) is 20.5. The van der Waals surface area contributed by atoms with Crippen LogP contribution < -0.4 is 4.90 Å². The van der Waals surface area contributed by atoms with E-state index < -0.39 is 0 Å². The van der Waals surface area contributed by atoms with Gasteiger partial charge in [0.25, 0.3) is 0 Å². The molecule has 11 rings (SSSR count). The minimum absolute atomic E-state index is 0.902. The van der Waals surface area contributed by atoms with E-state index in [0.717, 1.165) is 50.1 Å². The molecule has 0 atom stereocenters. The van der Waals surface area contributed by atoms with E-state index in [4.69, 9.17) is 4.42 Å². The SMILES string of the molecule is c1ccc(-c2ccc(N(c3ccc(-c4ccc(-c5cccc(-c6cccc7ccccc67)c5)cc4)cc3)c3ccc(-c4ccc5c(c4)oc4ccccc45)cc3)cc2)cc1. The van der Waals surface area contributed by atoms with Gasteiger partial charge in [0.15, 0.2) is 0 Å². The molecule has 2 heteroatoms. The molecule has 1 aromatic heterocycles. The van der Waals surface area contributed by atoms with Crippen LogP contribution in [-0.4, -0.2) is 0 Å². The summed E-state index contributed by atoms with van der Waals surface area (Å²) in [5.74, 6) is 0. The lowest BCUT2D eigenvalue weighted by atomic mass is 9.94. The topological polar surface area (TPSA) is 16.4 Å². The summed E-state index contributed by atoms with van der Waals surface area (Å²) in [4.78, 5) is 2.33. The Bertz CT molecular complexity index is 3270. The summed E-state index contributed by atoms with van der Waals surface area (Å²) >= 11 is 0. The highest BCUT2D eigenvalue weighted by molar-refractivity contribution is 6.06. The highest BCUT2D eigenvalue weighted by atomic mass is 16.3. The van der Waals surface area contributed by atoms with Crippen molar-refractivity contribution in [3.05, 3.63) is 237 Å². The van der Waals surface area contributed by atoms with Crippen molar-refractivity contribution < 1.29 is 4.42 Å². The van der Waals surface area contributed by atoms with Gasteiger partial charge in [-0.2, -0.15) is 0 Å². The van der Waals surface area contributed by atoms with Gasteiger partial charge >= 0.3 is 0 Å². The molecule has 0 unspecified atom stereocenters. The molecule has 0 aliphatic carbocycles. The zero-order valence-corrected chi connectivity index (χ0v) is 32.9. The number of nitrogens with zero attached hydrogens (tertiary/aromatic N) is 1. The van der Waals surface area contributed by atoms with E-state index in [1.165, 1.54) is 55.3 Å². The fourth-order valence-corrected chi connectivity index (χ4v) is 8.59. The summed E-state index contributed by atoms with van der Waals surface area (Å²) in [5.41, 5.74) is 17.0. The lowest BCUT2D eigenvalue weighted by molar-refractivity contribution is 0.669. The first-order chi connectivity index (χ1) is 29.7. The molecule has 60 heavy (non-hydrogen) atoms. The van der Waals surface area contributed by atoms with E-state index in [1.807, 2.05) is 12.1 Å². The van der Waals surface area contributed by atoms with Crippen LogP contribution in [0.2, 0.25) is 0 Å². The quantitative estimate of drug-likeness (QED) is 0.153. The van der Waals surface area contributed by atoms with Gasteiger partial charge in [-0.1, -0.05) is 176 Å². The standard InChI is InChI=1S/C58H39NO/c1-2-10-40(11-3-1)42-24-31-50(32-25-42)59(52-35-28-45(29-36-52)48-30-37-56-55-17-6-7-19-57(55)60-58(56)39-48)51-33-26-43(27-34-51)41-20-22-44(23-21-41)47-14-8-15-49(38-47)54-18-9-13-46-12-4-5-16-53(46)54/h1-39H. The molecule has 0 spiro atoms. The first kappa shape index (κ1) is 35.2. The minimum Gasteiger partial charge on any atom is -0.456 e. The van der Waals surface area contributed by atoms with Crippen molar-refractivity contribution in [2.45, 2.75) is 0 Å². The van der Waals surface area contributed by atoms with E-state index in [2.05, 4.69) is 229 Å². The summed E-state index contributed by atoms with van der Waals surface area (Å²) in [6.45, 7) is 0. The van der Waals surface area contributed by atoms with Crippen LogP contribution in [-0.2, 0) is 0 Å². The fourth-order valence-electron chi connectivity index (χ4n) is 8.59. The highest BCUT2D eigenvalue weighted by Gasteiger charge is 2.15. The Kier molecular flexibility index (Phi) is 8.87. The van der Waals surface area contributed by atoms with Gasteiger partial charge in [0, 0.05) is 27.8 Å². The third kappa shape index (κ3) is 6.61. The summed E-state index contributed by atoms with van der Waals surface area (Å²) in [6.07, 6.45) is 0. The number of hydrogen-bond donors (Lipinski definition) is 0. The molecular formula is C58H39NO. The zero-order valence-electron chi connectivity index (χ0n) is 32.9. The highest BCUT2D eigenvalue weighted by Crippen LogP contribution is 2.39. The van der Waals surface area contributed by atoms with E-state index >= 15 is 0 Å². The van der Waals surface area contributed by atoms with Crippen molar-refractivity contribution >= 4 is 49.8 Å². The Balaban J connectivity index is 0.895. The molecule has 11 aromatic rings. The van der Waals surface area contributed by atoms with E-state index in [9.17, 15) is 0 Å². The maximum absolute atomic E-state index is 6.22. The van der Waals surface area contributed by atoms with Crippen LogP contribution >= 0.6 is 0 Å². The van der Waals surface area contributed by atoms with E-state index in [-0.39, 0.29) is 0 Å². The average molecular weight is 766 g/mol. The van der Waals surface area contributed by atoms with Crippen molar-refractivity contribution in [2.24, 2.45) is 0 Å². The summed E-state index contributed by atoms with van der Waals surface area (Å²) in [5, 5.41) is 4.81. The van der Waals surface area contributed by atoms with Crippen molar-refractivity contribution in [1.82, 2.24) is 0 Å². The van der Waals surface area contributed by atoms with Gasteiger partial charge in [0.05, 0.1) is 0 Å². The molecule has 0 aliphatic heterocycles. The normalized spacial score (nSPS) is 11.3. The number of furan rings is 1. The van der Waals surface area contributed by atoms with Crippen LogP contribution in [0.4, 0.5) is 17.1 Å². The molecule has 2 nitrogen and oxygen atoms in total. The monoisotopic (exact) mass is 765 g/mol. The number of para-hydroxylation sites is 1. The molecule has 0 saturated heterocycles. The van der Waals surface area contributed by atoms with Crippen molar-refractivity contribution in [3.63, 3.8) is 0 Å². The molecule has 282 valence electrons. The molecule has 10 aromatic carbocycles. The van der Waals surface area contributed by atoms with Crippen LogP contribution in [0.1, 0.15) is 0 Å². The molecule has 0 fully saturated rings. The minimum atomic E-state index is 0.902. The molecule has 0 N–H and O–H groups in total. The number of hydrogen-bond acceptors (Lipinski definition) is 2. The van der Waals surface area contributed by atoms with Gasteiger partial charge in [-0.15, -0.1) is 0 Å². The summed E-state index contributed by atoms with van der Waals surface area (Å²) in [6, 6.07) is 84.8. The zero-order chi connectivity index (χ0) is 39.8. The second-order valence-corrected chi connectivity index (χ2v) is 15.3. The Labute approximate surface area is 349 Å². The van der Waals surface area contributed by atoms with Crippen LogP contribution in [0.15, 0.2) is 241 Å². The smallest absolute Gasteiger partial charge is 0.136 e. The number of rotatable bonds is 8. The lowest BCUT2D eigenvalue weighted by Gasteiger charge is -2.26. The Morgan fingerprint density at radius 2 is 0.667 bits per heavy atom. The predicted molar refractivity (Wildman–Crippen MR) is 253 cm³/mol. The Hall–Kier alpha value is -7.94. The molecule has 0 bridgehead atoms. The van der Waals surface area contributed by atoms with E-state index in [0.29, 0.717) is 0 Å². The molecule has 1 heterocycles. The number of fused-ring (bicyclic) bond motifs is 4. The van der Waals surface area contributed by atoms with Crippen LogP contribution in [0.25, 0.3) is 88.3 Å². The molecule has 0 saturated carbocycles. The fraction of sp³-hybridized carbons (Fsp3) is 0. The van der Waals surface area contributed by atoms with Gasteiger partial charge in [0.1, 0.15) is 11.2 Å². The van der Waals surface area contributed by atoms with Crippen LogP contribution in [0.3, 0.4) is 0 Å². The van der Waals surface area contributed by atoms with Gasteiger partial charge in [-0.25, -0.2) is 0 Å². The van der Waals surface area contributed by atoms with Gasteiger partial charge < -0.3 is 9.32 Å². The third-order valence-electron chi connectivity index (χ3n) is 11.7. The second kappa shape index (κ2) is 15.1. The van der Waals surface area contributed by atoms with Crippen LogP contribution in [0.5, 0.6) is 0 Å². The lowest BCUT2D eigenvalue weighted by Crippen LogP contribution is -2.09. The van der Waals surface area contributed by atoms with Crippen LogP contribution in [0, 0.1) is 0 Å². The van der Waals surface area contributed by atoms with Gasteiger partial charge in [-0.05, 0) is 127 Å². The maximum Gasteiger partial charge on any atom is 0.136 e. The molecule has 0 amide bonds.